The minimum Gasteiger partial charge on any atom is -0.298 e. The lowest BCUT2D eigenvalue weighted by Gasteiger charge is -2.19. The number of halogens is 1. The molecule has 0 aliphatic heterocycles. The Labute approximate surface area is 165 Å². The van der Waals surface area contributed by atoms with Gasteiger partial charge in [0.15, 0.2) is 5.78 Å². The molecule has 0 atom stereocenters. The second kappa shape index (κ2) is 9.31. The number of carbonyl (C=O) groups excluding carboxylic acids is 1. The average molecular weight is 376 g/mol. The van der Waals surface area contributed by atoms with Gasteiger partial charge in [-0.25, -0.2) is 0 Å². The topological polar surface area (TPSA) is 20.3 Å². The van der Waals surface area contributed by atoms with E-state index in [4.69, 9.17) is 11.6 Å². The maximum absolute atomic E-state index is 13.1. The summed E-state index contributed by atoms with van der Waals surface area (Å²) in [4.78, 5) is 15.2. The zero-order chi connectivity index (χ0) is 19.1. The maximum Gasteiger partial charge on any atom is 0.190 e. The number of likely N-dealkylation sites (N-methyl/N-ethyl adjacent to an activating group) is 1. The molecule has 0 aliphatic carbocycles. The second-order valence-corrected chi connectivity index (χ2v) is 7.01. The Hall–Kier alpha value is -2.68. The van der Waals surface area contributed by atoms with Crippen LogP contribution in [0.15, 0.2) is 90.5 Å². The van der Waals surface area contributed by atoms with E-state index >= 15 is 0 Å². The van der Waals surface area contributed by atoms with E-state index in [-0.39, 0.29) is 5.78 Å². The summed E-state index contributed by atoms with van der Waals surface area (Å²) < 4.78 is 0. The van der Waals surface area contributed by atoms with E-state index in [2.05, 4.69) is 17.0 Å². The molecule has 2 nitrogen and oxygen atoms in total. The Morgan fingerprint density at radius 1 is 0.889 bits per heavy atom. The Morgan fingerprint density at radius 2 is 1.48 bits per heavy atom. The van der Waals surface area contributed by atoms with Crippen molar-refractivity contribution in [2.24, 2.45) is 0 Å². The van der Waals surface area contributed by atoms with Crippen molar-refractivity contribution in [3.05, 3.63) is 112 Å². The summed E-state index contributed by atoms with van der Waals surface area (Å²) >= 11 is 5.99. The van der Waals surface area contributed by atoms with Gasteiger partial charge in [0.2, 0.25) is 0 Å². The molecule has 3 aromatic rings. The predicted octanol–water partition coefficient (Wildman–Crippen LogP) is 5.74. The number of nitrogens with zero attached hydrogens (tertiary/aromatic N) is 1. The minimum absolute atomic E-state index is 0.0467. The summed E-state index contributed by atoms with van der Waals surface area (Å²) in [7, 11) is 2.03. The van der Waals surface area contributed by atoms with Gasteiger partial charge in [-0.15, -0.1) is 0 Å². The number of benzene rings is 3. The molecule has 0 saturated carbocycles. The van der Waals surface area contributed by atoms with Gasteiger partial charge >= 0.3 is 0 Å². The first-order chi connectivity index (χ1) is 13.1. The van der Waals surface area contributed by atoms with Gasteiger partial charge in [0, 0.05) is 29.2 Å². The van der Waals surface area contributed by atoms with Crippen molar-refractivity contribution in [2.75, 3.05) is 13.6 Å². The Bertz CT molecular complexity index is 902. The first-order valence-corrected chi connectivity index (χ1v) is 9.28. The molecule has 0 unspecified atom stereocenters. The molecule has 0 radical (unpaired) electrons. The van der Waals surface area contributed by atoms with Crippen molar-refractivity contribution in [1.82, 2.24) is 4.90 Å². The zero-order valence-electron chi connectivity index (χ0n) is 15.3. The van der Waals surface area contributed by atoms with Crippen molar-refractivity contribution in [3.8, 4) is 0 Å². The third-order valence-electron chi connectivity index (χ3n) is 4.27. The molecule has 0 fully saturated rings. The standard InChI is InChI=1S/C24H22ClNO/c1-26(17-20-8-4-2-5-9-20)18-22(16-19-12-14-23(25)15-13-19)24(27)21-10-6-3-7-11-21/h2-16H,17-18H2,1H3/b22-16+. The van der Waals surface area contributed by atoms with Crippen LogP contribution in [-0.2, 0) is 6.54 Å². The Morgan fingerprint density at radius 3 is 2.11 bits per heavy atom. The van der Waals surface area contributed by atoms with Gasteiger partial charge in [0.1, 0.15) is 0 Å². The van der Waals surface area contributed by atoms with Crippen molar-refractivity contribution in [3.63, 3.8) is 0 Å². The van der Waals surface area contributed by atoms with Crippen LogP contribution in [0.2, 0.25) is 5.02 Å². The van der Waals surface area contributed by atoms with E-state index in [1.165, 1.54) is 5.56 Å². The molecule has 0 N–H and O–H groups in total. The fourth-order valence-corrected chi connectivity index (χ4v) is 3.09. The molecule has 0 bridgehead atoms. The number of Topliss-reactive ketones (excluding diaryl/α,β-unsaturated/α-hetero) is 1. The van der Waals surface area contributed by atoms with Crippen molar-refractivity contribution >= 4 is 23.5 Å². The fourth-order valence-electron chi connectivity index (χ4n) is 2.96. The molecule has 136 valence electrons. The van der Waals surface area contributed by atoms with Gasteiger partial charge in [0.05, 0.1) is 0 Å². The molecule has 0 saturated heterocycles. The van der Waals surface area contributed by atoms with Crippen LogP contribution in [0.5, 0.6) is 0 Å². The van der Waals surface area contributed by atoms with E-state index in [9.17, 15) is 4.79 Å². The molecule has 0 aliphatic rings. The molecule has 0 heterocycles. The number of rotatable bonds is 7. The van der Waals surface area contributed by atoms with E-state index in [0.717, 1.165) is 17.7 Å². The lowest BCUT2D eigenvalue weighted by molar-refractivity contribution is 0.102. The number of hydrogen-bond acceptors (Lipinski definition) is 2. The van der Waals surface area contributed by atoms with Crippen molar-refractivity contribution < 1.29 is 4.79 Å². The number of carbonyl (C=O) groups is 1. The van der Waals surface area contributed by atoms with E-state index in [1.54, 1.807) is 0 Å². The molecule has 3 aromatic carbocycles. The summed E-state index contributed by atoms with van der Waals surface area (Å²) in [6, 6.07) is 27.2. The predicted molar refractivity (Wildman–Crippen MR) is 113 cm³/mol. The third kappa shape index (κ3) is 5.65. The van der Waals surface area contributed by atoms with Crippen LogP contribution in [0.1, 0.15) is 21.5 Å². The molecule has 27 heavy (non-hydrogen) atoms. The van der Waals surface area contributed by atoms with Gasteiger partial charge in [-0.3, -0.25) is 9.69 Å². The van der Waals surface area contributed by atoms with Gasteiger partial charge in [0.25, 0.3) is 0 Å². The summed E-state index contributed by atoms with van der Waals surface area (Å²) in [6.45, 7) is 1.34. The zero-order valence-corrected chi connectivity index (χ0v) is 16.1. The molecule has 0 aromatic heterocycles. The highest BCUT2D eigenvalue weighted by atomic mass is 35.5. The van der Waals surface area contributed by atoms with Crippen LogP contribution < -0.4 is 0 Å². The van der Waals surface area contributed by atoms with Crippen LogP contribution in [0, 0.1) is 0 Å². The molecular weight excluding hydrogens is 354 g/mol. The highest BCUT2D eigenvalue weighted by Crippen LogP contribution is 2.17. The molecule has 3 heteroatoms. The maximum atomic E-state index is 13.1. The first kappa shape index (κ1) is 19.1. The normalized spacial score (nSPS) is 11.6. The number of ketones is 1. The SMILES string of the molecule is CN(C/C(=C\c1ccc(Cl)cc1)C(=O)c1ccccc1)Cc1ccccc1. The van der Waals surface area contributed by atoms with Crippen LogP contribution in [0.4, 0.5) is 0 Å². The van der Waals surface area contributed by atoms with Gasteiger partial charge in [-0.05, 0) is 36.4 Å². The van der Waals surface area contributed by atoms with Crippen molar-refractivity contribution in [2.45, 2.75) is 6.54 Å². The summed E-state index contributed by atoms with van der Waals surface area (Å²) in [5.41, 5.74) is 3.64. The lowest BCUT2D eigenvalue weighted by Crippen LogP contribution is -2.24. The monoisotopic (exact) mass is 375 g/mol. The van der Waals surface area contributed by atoms with Gasteiger partial charge in [-0.2, -0.15) is 0 Å². The third-order valence-corrected chi connectivity index (χ3v) is 4.53. The van der Waals surface area contributed by atoms with Crippen LogP contribution in [0.3, 0.4) is 0 Å². The molecule has 0 amide bonds. The summed E-state index contributed by atoms with van der Waals surface area (Å²) in [5.74, 6) is 0.0467. The highest BCUT2D eigenvalue weighted by molar-refractivity contribution is 6.30. The number of hydrogen-bond donors (Lipinski definition) is 0. The smallest absolute Gasteiger partial charge is 0.190 e. The Balaban J connectivity index is 1.85. The Kier molecular flexibility index (Phi) is 6.59. The second-order valence-electron chi connectivity index (χ2n) is 6.57. The van der Waals surface area contributed by atoms with E-state index in [1.807, 2.05) is 85.9 Å². The van der Waals surface area contributed by atoms with E-state index < -0.39 is 0 Å². The lowest BCUT2D eigenvalue weighted by atomic mass is 10.0. The highest BCUT2D eigenvalue weighted by Gasteiger charge is 2.14. The largest absolute Gasteiger partial charge is 0.298 e. The summed E-state index contributed by atoms with van der Waals surface area (Å²) in [5, 5.41) is 0.685. The average Bonchev–Trinajstić information content (AvgIpc) is 2.70. The minimum atomic E-state index is 0.0467. The van der Waals surface area contributed by atoms with E-state index in [0.29, 0.717) is 17.1 Å². The van der Waals surface area contributed by atoms with Crippen molar-refractivity contribution in [1.29, 1.82) is 0 Å². The van der Waals surface area contributed by atoms with Gasteiger partial charge in [-0.1, -0.05) is 84.4 Å². The summed E-state index contributed by atoms with van der Waals surface area (Å²) in [6.07, 6.45) is 1.95. The fraction of sp³-hybridized carbons (Fsp3) is 0.125. The first-order valence-electron chi connectivity index (χ1n) is 8.90. The van der Waals surface area contributed by atoms with Crippen LogP contribution in [-0.4, -0.2) is 24.3 Å². The molecule has 0 spiro atoms. The van der Waals surface area contributed by atoms with Gasteiger partial charge < -0.3 is 0 Å². The van der Waals surface area contributed by atoms with Crippen LogP contribution in [0.25, 0.3) is 6.08 Å². The molecule has 3 rings (SSSR count). The quantitative estimate of drug-likeness (QED) is 0.387. The van der Waals surface area contributed by atoms with Crippen LogP contribution >= 0.6 is 11.6 Å². The molecular formula is C24H22ClNO.